The summed E-state index contributed by atoms with van der Waals surface area (Å²) in [7, 11) is 2.64. The number of halogens is 2. The number of aliphatic carboxylic acids is 1. The lowest BCUT2D eigenvalue weighted by atomic mass is 10.00. The molecule has 0 saturated heterocycles. The summed E-state index contributed by atoms with van der Waals surface area (Å²) in [6, 6.07) is 1.32. The predicted molar refractivity (Wildman–Crippen MR) is 63.7 cm³/mol. The number of benzene rings is 1. The van der Waals surface area contributed by atoms with E-state index in [1.807, 2.05) is 0 Å². The largest absolute Gasteiger partial charge is 0.493 e. The number of carboxylic acid groups (broad SMARTS) is 1. The number of carboxylic acids is 1. The molecule has 0 fully saturated rings. The molecule has 3 N–H and O–H groups in total. The number of alkyl halides is 2. The van der Waals surface area contributed by atoms with Crippen LogP contribution in [0.15, 0.2) is 12.1 Å². The van der Waals surface area contributed by atoms with Crippen LogP contribution in [0.5, 0.6) is 11.5 Å². The quantitative estimate of drug-likeness (QED) is 0.831. The average molecular weight is 275 g/mol. The summed E-state index contributed by atoms with van der Waals surface area (Å²) in [5, 5.41) is 8.71. The molecule has 0 radical (unpaired) electrons. The minimum Gasteiger partial charge on any atom is -0.493 e. The van der Waals surface area contributed by atoms with Crippen molar-refractivity contribution in [2.24, 2.45) is 5.73 Å². The fourth-order valence-electron chi connectivity index (χ4n) is 1.72. The molecule has 0 amide bonds. The van der Waals surface area contributed by atoms with E-state index in [1.165, 1.54) is 14.2 Å². The van der Waals surface area contributed by atoms with Crippen LogP contribution < -0.4 is 15.2 Å². The molecule has 1 unspecified atom stereocenters. The first kappa shape index (κ1) is 15.2. The Morgan fingerprint density at radius 2 is 2.00 bits per heavy atom. The molecule has 0 aliphatic rings. The Hall–Kier alpha value is -1.89. The van der Waals surface area contributed by atoms with Gasteiger partial charge in [-0.1, -0.05) is 0 Å². The monoisotopic (exact) mass is 275 g/mol. The van der Waals surface area contributed by atoms with Crippen LogP contribution in [-0.4, -0.2) is 25.3 Å². The summed E-state index contributed by atoms with van der Waals surface area (Å²) in [4.78, 5) is 10.7. The third kappa shape index (κ3) is 3.54. The summed E-state index contributed by atoms with van der Waals surface area (Å²) in [6.07, 6.45) is -3.11. The average Bonchev–Trinajstić information content (AvgIpc) is 2.35. The Morgan fingerprint density at radius 3 is 2.42 bits per heavy atom. The van der Waals surface area contributed by atoms with Gasteiger partial charge in [-0.25, -0.2) is 8.78 Å². The van der Waals surface area contributed by atoms with Gasteiger partial charge in [0, 0.05) is 17.2 Å². The van der Waals surface area contributed by atoms with Crippen molar-refractivity contribution in [2.45, 2.75) is 18.9 Å². The van der Waals surface area contributed by atoms with E-state index in [1.54, 1.807) is 0 Å². The van der Waals surface area contributed by atoms with E-state index in [4.69, 9.17) is 20.3 Å². The van der Waals surface area contributed by atoms with Crippen molar-refractivity contribution in [1.29, 1.82) is 0 Å². The molecular formula is C12H15F2NO4. The molecule has 5 nitrogen and oxygen atoms in total. The summed E-state index contributed by atoms with van der Waals surface area (Å²) in [5.41, 5.74) is 5.59. The van der Waals surface area contributed by atoms with Crippen LogP contribution in [0.1, 0.15) is 30.0 Å². The van der Waals surface area contributed by atoms with E-state index in [0.717, 1.165) is 12.1 Å². The van der Waals surface area contributed by atoms with Gasteiger partial charge in [0.2, 0.25) is 0 Å². The van der Waals surface area contributed by atoms with E-state index in [0.29, 0.717) is 0 Å². The third-order valence-corrected chi connectivity index (χ3v) is 2.58. The van der Waals surface area contributed by atoms with Gasteiger partial charge in [-0.05, 0) is 12.1 Å². The third-order valence-electron chi connectivity index (χ3n) is 2.58. The van der Waals surface area contributed by atoms with Crippen molar-refractivity contribution in [1.82, 2.24) is 0 Å². The molecule has 106 valence electrons. The van der Waals surface area contributed by atoms with Crippen molar-refractivity contribution in [3.63, 3.8) is 0 Å². The molecule has 0 aliphatic heterocycles. The summed E-state index contributed by atoms with van der Waals surface area (Å²) in [5.74, 6) is -0.868. The molecule has 0 aromatic heterocycles. The predicted octanol–water partition coefficient (Wildman–Crippen LogP) is 2.12. The van der Waals surface area contributed by atoms with Gasteiger partial charge in [-0.3, -0.25) is 4.79 Å². The number of nitrogens with two attached hydrogens (primary N) is 1. The Balaban J connectivity index is 3.32. The molecule has 0 saturated carbocycles. The van der Waals surface area contributed by atoms with Gasteiger partial charge in [0.1, 0.15) is 0 Å². The highest BCUT2D eigenvalue weighted by Crippen LogP contribution is 2.38. The molecular weight excluding hydrogens is 260 g/mol. The zero-order valence-corrected chi connectivity index (χ0v) is 10.5. The van der Waals surface area contributed by atoms with Crippen LogP contribution in [0.25, 0.3) is 0 Å². The highest BCUT2D eigenvalue weighted by molar-refractivity contribution is 5.68. The van der Waals surface area contributed by atoms with Gasteiger partial charge in [0.25, 0.3) is 6.43 Å². The maximum Gasteiger partial charge on any atom is 0.305 e. The molecule has 1 atom stereocenters. The SMILES string of the molecule is COc1cc(C(F)F)cc(C(N)CC(=O)O)c1OC. The lowest BCUT2D eigenvalue weighted by Gasteiger charge is -2.18. The van der Waals surface area contributed by atoms with Gasteiger partial charge >= 0.3 is 5.97 Å². The van der Waals surface area contributed by atoms with Gasteiger partial charge in [-0.2, -0.15) is 0 Å². The molecule has 7 heteroatoms. The number of carbonyl (C=O) groups is 1. The Morgan fingerprint density at radius 1 is 1.37 bits per heavy atom. The molecule has 1 aromatic carbocycles. The lowest BCUT2D eigenvalue weighted by Crippen LogP contribution is -2.16. The minimum absolute atomic E-state index is 0.0936. The van der Waals surface area contributed by atoms with E-state index in [9.17, 15) is 13.6 Å². The zero-order valence-electron chi connectivity index (χ0n) is 10.5. The first-order valence-electron chi connectivity index (χ1n) is 5.42. The number of methoxy groups -OCH3 is 2. The summed E-state index contributed by atoms with van der Waals surface area (Å²) < 4.78 is 35.6. The maximum atomic E-state index is 12.8. The summed E-state index contributed by atoms with van der Waals surface area (Å²) >= 11 is 0. The van der Waals surface area contributed by atoms with Gasteiger partial charge in [0.05, 0.1) is 20.6 Å². The zero-order chi connectivity index (χ0) is 14.6. The second-order valence-corrected chi connectivity index (χ2v) is 3.85. The van der Waals surface area contributed by atoms with Crippen molar-refractivity contribution in [3.8, 4) is 11.5 Å². The molecule has 0 aliphatic carbocycles. The molecule has 0 bridgehead atoms. The number of hydrogen-bond donors (Lipinski definition) is 2. The Labute approximate surface area is 108 Å². The number of hydrogen-bond acceptors (Lipinski definition) is 4. The van der Waals surface area contributed by atoms with E-state index in [2.05, 4.69) is 0 Å². The normalized spacial score (nSPS) is 12.3. The second kappa shape index (κ2) is 6.33. The molecule has 19 heavy (non-hydrogen) atoms. The minimum atomic E-state index is -2.71. The van der Waals surface area contributed by atoms with Crippen LogP contribution in [0.4, 0.5) is 8.78 Å². The summed E-state index contributed by atoms with van der Waals surface area (Å²) in [6.45, 7) is 0. The molecule has 0 heterocycles. The number of ether oxygens (including phenoxy) is 2. The van der Waals surface area contributed by atoms with Crippen LogP contribution in [-0.2, 0) is 4.79 Å². The van der Waals surface area contributed by atoms with Crippen molar-refractivity contribution < 1.29 is 28.2 Å². The van der Waals surface area contributed by atoms with Crippen LogP contribution in [0.2, 0.25) is 0 Å². The van der Waals surface area contributed by atoms with Crippen LogP contribution in [0.3, 0.4) is 0 Å². The maximum absolute atomic E-state index is 12.8. The van der Waals surface area contributed by atoms with Gasteiger partial charge < -0.3 is 20.3 Å². The fraction of sp³-hybridized carbons (Fsp3) is 0.417. The Kier molecular flexibility index (Phi) is 5.05. The molecule has 0 spiro atoms. The number of rotatable bonds is 6. The van der Waals surface area contributed by atoms with Crippen molar-refractivity contribution in [3.05, 3.63) is 23.3 Å². The van der Waals surface area contributed by atoms with Crippen molar-refractivity contribution in [2.75, 3.05) is 14.2 Å². The van der Waals surface area contributed by atoms with Gasteiger partial charge in [0.15, 0.2) is 11.5 Å². The smallest absolute Gasteiger partial charge is 0.305 e. The second-order valence-electron chi connectivity index (χ2n) is 3.85. The van der Waals surface area contributed by atoms with Crippen LogP contribution >= 0.6 is 0 Å². The fourth-order valence-corrected chi connectivity index (χ4v) is 1.72. The van der Waals surface area contributed by atoms with E-state index < -0.39 is 24.9 Å². The topological polar surface area (TPSA) is 81.8 Å². The first-order chi connectivity index (χ1) is 8.90. The van der Waals surface area contributed by atoms with Crippen molar-refractivity contribution >= 4 is 5.97 Å². The molecule has 1 aromatic rings. The van der Waals surface area contributed by atoms with Crippen LogP contribution in [0, 0.1) is 0 Å². The highest BCUT2D eigenvalue weighted by atomic mass is 19.3. The highest BCUT2D eigenvalue weighted by Gasteiger charge is 2.22. The molecule has 1 rings (SSSR count). The standard InChI is InChI=1S/C12H15F2NO4/c1-18-9-4-6(12(13)14)3-7(11(9)19-2)8(15)5-10(16)17/h3-4,8,12H,5,15H2,1-2H3,(H,16,17). The van der Waals surface area contributed by atoms with Gasteiger partial charge in [-0.15, -0.1) is 0 Å². The lowest BCUT2D eigenvalue weighted by molar-refractivity contribution is -0.137. The Bertz CT molecular complexity index is 465. The first-order valence-corrected chi connectivity index (χ1v) is 5.42. The van der Waals surface area contributed by atoms with E-state index >= 15 is 0 Å². The van der Waals surface area contributed by atoms with E-state index in [-0.39, 0.29) is 22.6 Å².